The summed E-state index contributed by atoms with van der Waals surface area (Å²) >= 11 is 0. The fraction of sp³-hybridized carbons (Fsp3) is 0.278. The second-order valence-electron chi connectivity index (χ2n) is 4.95. The van der Waals surface area contributed by atoms with Crippen LogP contribution in [0.15, 0.2) is 60.7 Å². The lowest BCUT2D eigenvalue weighted by Gasteiger charge is -2.23. The van der Waals surface area contributed by atoms with Gasteiger partial charge in [0.05, 0.1) is 6.61 Å². The monoisotopic (exact) mass is 299 g/mol. The highest BCUT2D eigenvalue weighted by Gasteiger charge is 2.28. The molecule has 4 nitrogen and oxygen atoms in total. The molecule has 0 aliphatic carbocycles. The van der Waals surface area contributed by atoms with Gasteiger partial charge in [0, 0.05) is 6.54 Å². The third kappa shape index (κ3) is 4.41. The summed E-state index contributed by atoms with van der Waals surface area (Å²) in [6.45, 7) is 2.51. The van der Waals surface area contributed by atoms with Gasteiger partial charge >= 0.3 is 5.97 Å². The molecule has 0 saturated carbocycles. The van der Waals surface area contributed by atoms with Gasteiger partial charge in [-0.1, -0.05) is 60.7 Å². The number of rotatable bonds is 7. The van der Waals surface area contributed by atoms with Crippen LogP contribution in [0.1, 0.15) is 24.2 Å². The quantitative estimate of drug-likeness (QED) is 0.771. The highest BCUT2D eigenvalue weighted by atomic mass is 16.5. The van der Waals surface area contributed by atoms with Gasteiger partial charge in [-0.25, -0.2) is 0 Å². The van der Waals surface area contributed by atoms with Crippen LogP contribution in [-0.4, -0.2) is 23.7 Å². The van der Waals surface area contributed by atoms with Crippen molar-refractivity contribution in [2.24, 2.45) is 0 Å². The SMILES string of the molecule is CCOC(=O)[C@H](NCc1ccccc1)[C@H](O)c1ccccc1. The number of hydrogen-bond donors (Lipinski definition) is 2. The molecule has 0 heterocycles. The Balaban J connectivity index is 2.10. The Morgan fingerprint density at radius 1 is 1.09 bits per heavy atom. The number of aliphatic hydroxyl groups excluding tert-OH is 1. The van der Waals surface area contributed by atoms with Gasteiger partial charge in [-0.15, -0.1) is 0 Å². The maximum absolute atomic E-state index is 12.1. The molecule has 0 saturated heterocycles. The maximum atomic E-state index is 12.1. The molecule has 0 fully saturated rings. The van der Waals surface area contributed by atoms with E-state index in [0.29, 0.717) is 12.1 Å². The van der Waals surface area contributed by atoms with Crippen LogP contribution in [0.5, 0.6) is 0 Å². The van der Waals surface area contributed by atoms with Crippen LogP contribution in [0.4, 0.5) is 0 Å². The van der Waals surface area contributed by atoms with Gasteiger partial charge in [0.15, 0.2) is 0 Å². The van der Waals surface area contributed by atoms with Crippen molar-refractivity contribution in [3.63, 3.8) is 0 Å². The van der Waals surface area contributed by atoms with E-state index < -0.39 is 18.1 Å². The van der Waals surface area contributed by atoms with Gasteiger partial charge in [0.25, 0.3) is 0 Å². The normalized spacial score (nSPS) is 13.4. The molecular weight excluding hydrogens is 278 g/mol. The van der Waals surface area contributed by atoms with Crippen LogP contribution >= 0.6 is 0 Å². The van der Waals surface area contributed by atoms with Crippen molar-refractivity contribution in [3.8, 4) is 0 Å². The zero-order valence-electron chi connectivity index (χ0n) is 12.6. The number of hydrogen-bond acceptors (Lipinski definition) is 4. The lowest BCUT2D eigenvalue weighted by atomic mass is 10.0. The van der Waals surface area contributed by atoms with Crippen LogP contribution < -0.4 is 5.32 Å². The molecule has 0 bridgehead atoms. The average Bonchev–Trinajstić information content (AvgIpc) is 2.57. The molecule has 22 heavy (non-hydrogen) atoms. The van der Waals surface area contributed by atoms with Gasteiger partial charge in [0.1, 0.15) is 12.1 Å². The zero-order valence-corrected chi connectivity index (χ0v) is 12.6. The van der Waals surface area contributed by atoms with Gasteiger partial charge in [-0.3, -0.25) is 10.1 Å². The summed E-state index contributed by atoms with van der Waals surface area (Å²) in [5.74, 6) is -0.449. The minimum atomic E-state index is -0.955. The van der Waals surface area contributed by atoms with Crippen molar-refractivity contribution in [2.75, 3.05) is 6.61 Å². The fourth-order valence-corrected chi connectivity index (χ4v) is 2.22. The van der Waals surface area contributed by atoms with Crippen molar-refractivity contribution in [1.29, 1.82) is 0 Å². The van der Waals surface area contributed by atoms with E-state index in [-0.39, 0.29) is 6.61 Å². The van der Waals surface area contributed by atoms with Crippen LogP contribution in [-0.2, 0) is 16.1 Å². The summed E-state index contributed by atoms with van der Waals surface area (Å²) in [4.78, 5) is 12.1. The Morgan fingerprint density at radius 3 is 2.27 bits per heavy atom. The van der Waals surface area contributed by atoms with Gasteiger partial charge in [-0.05, 0) is 18.1 Å². The van der Waals surface area contributed by atoms with E-state index >= 15 is 0 Å². The maximum Gasteiger partial charge on any atom is 0.326 e. The average molecular weight is 299 g/mol. The topological polar surface area (TPSA) is 58.6 Å². The third-order valence-corrected chi connectivity index (χ3v) is 3.37. The van der Waals surface area contributed by atoms with E-state index in [1.807, 2.05) is 48.5 Å². The summed E-state index contributed by atoms with van der Waals surface area (Å²) in [7, 11) is 0. The summed E-state index contributed by atoms with van der Waals surface area (Å²) in [6.07, 6.45) is -0.955. The number of esters is 1. The van der Waals surface area contributed by atoms with E-state index in [1.54, 1.807) is 19.1 Å². The second kappa shape index (κ2) is 8.32. The van der Waals surface area contributed by atoms with Crippen molar-refractivity contribution < 1.29 is 14.6 Å². The van der Waals surface area contributed by atoms with Crippen molar-refractivity contribution in [3.05, 3.63) is 71.8 Å². The highest BCUT2D eigenvalue weighted by molar-refractivity contribution is 5.76. The molecule has 0 aromatic heterocycles. The van der Waals surface area contributed by atoms with Crippen LogP contribution in [0.25, 0.3) is 0 Å². The van der Waals surface area contributed by atoms with E-state index in [9.17, 15) is 9.90 Å². The first-order valence-electron chi connectivity index (χ1n) is 7.39. The molecule has 2 aromatic rings. The number of nitrogens with one attached hydrogen (secondary N) is 1. The first kappa shape index (κ1) is 16.2. The molecule has 2 rings (SSSR count). The molecule has 0 unspecified atom stereocenters. The molecule has 0 radical (unpaired) electrons. The second-order valence-corrected chi connectivity index (χ2v) is 4.95. The number of ether oxygens (including phenoxy) is 1. The third-order valence-electron chi connectivity index (χ3n) is 3.37. The molecular formula is C18H21NO3. The van der Waals surface area contributed by atoms with Crippen molar-refractivity contribution in [2.45, 2.75) is 25.6 Å². The Kier molecular flexibility index (Phi) is 6.13. The molecule has 2 atom stereocenters. The summed E-state index contributed by atoms with van der Waals surface area (Å²) < 4.78 is 5.07. The van der Waals surface area contributed by atoms with E-state index in [4.69, 9.17) is 4.74 Å². The molecule has 0 amide bonds. The van der Waals surface area contributed by atoms with Crippen LogP contribution in [0.3, 0.4) is 0 Å². The molecule has 2 aromatic carbocycles. The summed E-state index contributed by atoms with van der Waals surface area (Å²) in [5, 5.41) is 13.6. The predicted molar refractivity (Wildman–Crippen MR) is 85.1 cm³/mol. The van der Waals surface area contributed by atoms with Gasteiger partial charge < -0.3 is 9.84 Å². The number of carbonyl (C=O) groups is 1. The molecule has 0 spiro atoms. The van der Waals surface area contributed by atoms with Crippen LogP contribution in [0, 0.1) is 0 Å². The molecule has 0 aliphatic rings. The van der Waals surface area contributed by atoms with Crippen LogP contribution in [0.2, 0.25) is 0 Å². The Labute approximate surface area is 130 Å². The van der Waals surface area contributed by atoms with E-state index in [2.05, 4.69) is 5.32 Å². The first-order valence-corrected chi connectivity index (χ1v) is 7.39. The largest absolute Gasteiger partial charge is 0.465 e. The number of carbonyl (C=O) groups excluding carboxylic acids is 1. The molecule has 116 valence electrons. The standard InChI is InChI=1S/C18H21NO3/c1-2-22-18(21)16(17(20)15-11-7-4-8-12-15)19-13-14-9-5-3-6-10-14/h3-12,16-17,19-20H,2,13H2,1H3/t16-,17-/m1/s1. The van der Waals surface area contributed by atoms with E-state index in [0.717, 1.165) is 5.56 Å². The number of aliphatic hydroxyl groups is 1. The summed E-state index contributed by atoms with van der Waals surface area (Å²) in [6, 6.07) is 18.0. The van der Waals surface area contributed by atoms with Crippen molar-refractivity contribution >= 4 is 5.97 Å². The lowest BCUT2D eigenvalue weighted by Crippen LogP contribution is -2.42. The first-order chi connectivity index (χ1) is 10.7. The van der Waals surface area contributed by atoms with Gasteiger partial charge in [0.2, 0.25) is 0 Å². The van der Waals surface area contributed by atoms with Gasteiger partial charge in [-0.2, -0.15) is 0 Å². The Morgan fingerprint density at radius 2 is 1.68 bits per heavy atom. The van der Waals surface area contributed by atoms with E-state index in [1.165, 1.54) is 0 Å². The fourth-order valence-electron chi connectivity index (χ4n) is 2.22. The highest BCUT2D eigenvalue weighted by Crippen LogP contribution is 2.18. The van der Waals surface area contributed by atoms with Crippen molar-refractivity contribution in [1.82, 2.24) is 5.32 Å². The lowest BCUT2D eigenvalue weighted by molar-refractivity contribution is -0.149. The smallest absolute Gasteiger partial charge is 0.326 e. The number of benzene rings is 2. The molecule has 2 N–H and O–H groups in total. The Bertz CT molecular complexity index is 571. The Hall–Kier alpha value is -2.17. The zero-order chi connectivity index (χ0) is 15.8. The molecule has 0 aliphatic heterocycles. The molecule has 4 heteroatoms. The minimum Gasteiger partial charge on any atom is -0.465 e. The minimum absolute atomic E-state index is 0.282. The predicted octanol–water partition coefficient (Wildman–Crippen LogP) is 2.44. The summed E-state index contributed by atoms with van der Waals surface area (Å²) in [5.41, 5.74) is 1.72.